The fraction of sp³-hybridized carbons (Fsp3) is 0.421. The summed E-state index contributed by atoms with van der Waals surface area (Å²) in [5.74, 6) is 1.64. The molecule has 5 nitrogen and oxygen atoms in total. The van der Waals surface area contributed by atoms with E-state index in [0.717, 1.165) is 23.9 Å². The van der Waals surface area contributed by atoms with E-state index in [1.807, 2.05) is 6.07 Å². The van der Waals surface area contributed by atoms with Crippen molar-refractivity contribution in [3.63, 3.8) is 0 Å². The molecular formula is C19H22ClFN4OS. The van der Waals surface area contributed by atoms with Gasteiger partial charge in [0.05, 0.1) is 10.8 Å². The van der Waals surface area contributed by atoms with E-state index in [4.69, 9.17) is 11.6 Å². The number of nitrogens with one attached hydrogen (secondary N) is 1. The lowest BCUT2D eigenvalue weighted by Crippen LogP contribution is -2.39. The third kappa shape index (κ3) is 5.56. The largest absolute Gasteiger partial charge is 0.356 e. The van der Waals surface area contributed by atoms with Gasteiger partial charge in [-0.25, -0.2) is 14.4 Å². The molecule has 1 saturated heterocycles. The molecule has 0 aliphatic carbocycles. The molecular weight excluding hydrogens is 387 g/mol. The van der Waals surface area contributed by atoms with E-state index in [1.165, 1.54) is 36.4 Å². The fourth-order valence-electron chi connectivity index (χ4n) is 3.34. The van der Waals surface area contributed by atoms with Crippen molar-refractivity contribution in [2.45, 2.75) is 25.3 Å². The second-order valence-corrected chi connectivity index (χ2v) is 8.43. The van der Waals surface area contributed by atoms with E-state index in [2.05, 4.69) is 34.0 Å². The smallest absolute Gasteiger partial charge is 0.234 e. The molecule has 8 heteroatoms. The van der Waals surface area contributed by atoms with Gasteiger partial charge in [-0.3, -0.25) is 4.79 Å². The summed E-state index contributed by atoms with van der Waals surface area (Å²) >= 11 is 7.07. The van der Waals surface area contributed by atoms with Crippen molar-refractivity contribution in [2.75, 3.05) is 29.1 Å². The van der Waals surface area contributed by atoms with Gasteiger partial charge < -0.3 is 10.2 Å². The molecule has 1 aromatic heterocycles. The minimum atomic E-state index is -0.515. The molecule has 3 rings (SSSR count). The summed E-state index contributed by atoms with van der Waals surface area (Å²) in [6.45, 7) is 6.48. The predicted molar refractivity (Wildman–Crippen MR) is 108 cm³/mol. The van der Waals surface area contributed by atoms with Crippen LogP contribution >= 0.6 is 23.4 Å². The van der Waals surface area contributed by atoms with Crippen LogP contribution in [0.25, 0.3) is 0 Å². The summed E-state index contributed by atoms with van der Waals surface area (Å²) in [6.07, 6.45) is 2.77. The van der Waals surface area contributed by atoms with Gasteiger partial charge in [-0.2, -0.15) is 0 Å². The Kier molecular flexibility index (Phi) is 6.55. The van der Waals surface area contributed by atoms with Crippen molar-refractivity contribution in [1.82, 2.24) is 9.97 Å². The molecule has 2 atom stereocenters. The lowest BCUT2D eigenvalue weighted by atomic mass is 9.92. The Bertz CT molecular complexity index is 812. The van der Waals surface area contributed by atoms with Crippen molar-refractivity contribution in [2.24, 2.45) is 11.8 Å². The molecule has 1 aliphatic rings. The maximum Gasteiger partial charge on any atom is 0.234 e. The van der Waals surface area contributed by atoms with Crippen LogP contribution in [0.1, 0.15) is 20.3 Å². The van der Waals surface area contributed by atoms with Gasteiger partial charge in [0.2, 0.25) is 5.91 Å². The Morgan fingerprint density at radius 3 is 2.74 bits per heavy atom. The molecule has 0 saturated carbocycles. The highest BCUT2D eigenvalue weighted by Crippen LogP contribution is 2.27. The zero-order valence-corrected chi connectivity index (χ0v) is 16.9. The van der Waals surface area contributed by atoms with Crippen LogP contribution in [0.4, 0.5) is 15.9 Å². The highest BCUT2D eigenvalue weighted by molar-refractivity contribution is 7.99. The second-order valence-electron chi connectivity index (χ2n) is 7.03. The summed E-state index contributed by atoms with van der Waals surface area (Å²) in [5.41, 5.74) is 0.465. The molecule has 1 fully saturated rings. The van der Waals surface area contributed by atoms with Gasteiger partial charge in [-0.1, -0.05) is 37.2 Å². The fourth-order valence-corrected chi connectivity index (χ4v) is 4.18. The van der Waals surface area contributed by atoms with Crippen LogP contribution in [0.2, 0.25) is 5.02 Å². The number of benzene rings is 1. The Balaban J connectivity index is 1.57. The van der Waals surface area contributed by atoms with E-state index in [1.54, 1.807) is 6.33 Å². The number of carbonyl (C=O) groups excluding carboxylic acids is 1. The number of hydrogen-bond acceptors (Lipinski definition) is 5. The first-order valence-electron chi connectivity index (χ1n) is 8.85. The van der Waals surface area contributed by atoms with Gasteiger partial charge >= 0.3 is 0 Å². The molecule has 1 aromatic carbocycles. The summed E-state index contributed by atoms with van der Waals surface area (Å²) in [7, 11) is 0. The lowest BCUT2D eigenvalue weighted by molar-refractivity contribution is -0.113. The van der Waals surface area contributed by atoms with Crippen LogP contribution < -0.4 is 10.2 Å². The number of halogens is 2. The first-order valence-corrected chi connectivity index (χ1v) is 10.2. The first-order chi connectivity index (χ1) is 12.9. The molecule has 0 bridgehead atoms. The van der Waals surface area contributed by atoms with E-state index in [0.29, 0.717) is 17.5 Å². The molecule has 1 amide bonds. The SMILES string of the molecule is C[C@H]1C[C@H](C)CN(c2cc(SCC(=O)Nc3ccc(F)c(Cl)c3)ncn2)C1. The minimum Gasteiger partial charge on any atom is -0.356 e. The average molecular weight is 409 g/mol. The number of amides is 1. The van der Waals surface area contributed by atoms with Gasteiger partial charge in [0.25, 0.3) is 0 Å². The van der Waals surface area contributed by atoms with Crippen molar-refractivity contribution < 1.29 is 9.18 Å². The van der Waals surface area contributed by atoms with Crippen LogP contribution in [0.5, 0.6) is 0 Å². The molecule has 2 heterocycles. The summed E-state index contributed by atoms with van der Waals surface area (Å²) in [4.78, 5) is 23.1. The third-order valence-electron chi connectivity index (χ3n) is 4.37. The van der Waals surface area contributed by atoms with Crippen LogP contribution in [-0.4, -0.2) is 34.7 Å². The molecule has 0 radical (unpaired) electrons. The number of hydrogen-bond donors (Lipinski definition) is 1. The number of rotatable bonds is 5. The van der Waals surface area contributed by atoms with E-state index in [9.17, 15) is 9.18 Å². The molecule has 2 aromatic rings. The Morgan fingerprint density at radius 1 is 1.30 bits per heavy atom. The van der Waals surface area contributed by atoms with Crippen molar-refractivity contribution in [3.05, 3.63) is 41.4 Å². The van der Waals surface area contributed by atoms with Crippen LogP contribution in [0, 0.1) is 17.7 Å². The maximum absolute atomic E-state index is 13.2. The number of aromatic nitrogens is 2. The Morgan fingerprint density at radius 2 is 2.04 bits per heavy atom. The van der Waals surface area contributed by atoms with Gasteiger partial charge in [0.15, 0.2) is 0 Å². The zero-order valence-electron chi connectivity index (χ0n) is 15.3. The quantitative estimate of drug-likeness (QED) is 0.583. The monoisotopic (exact) mass is 408 g/mol. The van der Waals surface area contributed by atoms with Gasteiger partial charge in [-0.05, 0) is 36.5 Å². The van der Waals surface area contributed by atoms with E-state index >= 15 is 0 Å². The molecule has 0 unspecified atom stereocenters. The Labute approximate surface area is 167 Å². The lowest BCUT2D eigenvalue weighted by Gasteiger charge is -2.35. The van der Waals surface area contributed by atoms with Gasteiger partial charge in [0.1, 0.15) is 23.0 Å². The predicted octanol–water partition coefficient (Wildman–Crippen LogP) is 4.48. The van der Waals surface area contributed by atoms with Gasteiger partial charge in [-0.15, -0.1) is 0 Å². The molecule has 0 spiro atoms. The minimum absolute atomic E-state index is 0.0223. The number of piperidine rings is 1. The number of anilines is 2. The second kappa shape index (κ2) is 8.89. The van der Waals surface area contributed by atoms with Crippen LogP contribution in [0.15, 0.2) is 35.6 Å². The van der Waals surface area contributed by atoms with Gasteiger partial charge in [0, 0.05) is 24.8 Å². The van der Waals surface area contributed by atoms with Crippen molar-refractivity contribution in [1.29, 1.82) is 0 Å². The van der Waals surface area contributed by atoms with Crippen LogP contribution in [-0.2, 0) is 4.79 Å². The van der Waals surface area contributed by atoms with E-state index in [-0.39, 0.29) is 16.7 Å². The Hall–Kier alpha value is -1.86. The highest BCUT2D eigenvalue weighted by atomic mass is 35.5. The summed E-state index contributed by atoms with van der Waals surface area (Å²) in [5, 5.41) is 3.43. The molecule has 1 N–H and O–H groups in total. The van der Waals surface area contributed by atoms with E-state index < -0.39 is 5.82 Å². The molecule has 144 valence electrons. The molecule has 1 aliphatic heterocycles. The van der Waals surface area contributed by atoms with Crippen LogP contribution in [0.3, 0.4) is 0 Å². The number of thioether (sulfide) groups is 1. The highest BCUT2D eigenvalue weighted by Gasteiger charge is 2.23. The zero-order chi connectivity index (χ0) is 19.4. The molecule has 27 heavy (non-hydrogen) atoms. The average Bonchev–Trinajstić information content (AvgIpc) is 2.62. The summed E-state index contributed by atoms with van der Waals surface area (Å²) in [6, 6.07) is 6.02. The first kappa shape index (κ1) is 19.9. The number of carbonyl (C=O) groups is 1. The summed E-state index contributed by atoms with van der Waals surface area (Å²) < 4.78 is 13.2. The topological polar surface area (TPSA) is 58.1 Å². The maximum atomic E-state index is 13.2. The standard InChI is InChI=1S/C19H22ClFN4OS/c1-12-5-13(2)9-25(8-12)17-7-19(23-11-22-17)27-10-18(26)24-14-3-4-16(21)15(20)6-14/h3-4,6-7,11-13H,5,8-10H2,1-2H3,(H,24,26)/t12-,13-/m0/s1. The van der Waals surface area contributed by atoms with Crippen molar-refractivity contribution in [3.8, 4) is 0 Å². The third-order valence-corrected chi connectivity index (χ3v) is 5.59. The number of nitrogens with zero attached hydrogens (tertiary/aromatic N) is 3. The van der Waals surface area contributed by atoms with Crippen molar-refractivity contribution >= 4 is 40.8 Å². The normalized spacial score (nSPS) is 19.8.